The zero-order valence-corrected chi connectivity index (χ0v) is 23.0. The fourth-order valence-corrected chi connectivity index (χ4v) is 6.34. The number of hydrogen-bond donors (Lipinski definition) is 2. The van der Waals surface area contributed by atoms with E-state index in [1.807, 2.05) is 60.7 Å². The van der Waals surface area contributed by atoms with E-state index in [0.717, 1.165) is 11.1 Å². The van der Waals surface area contributed by atoms with Gasteiger partial charge in [0.2, 0.25) is 5.91 Å². The summed E-state index contributed by atoms with van der Waals surface area (Å²) in [6, 6.07) is 21.6. The first-order valence-corrected chi connectivity index (χ1v) is 13.9. The highest BCUT2D eigenvalue weighted by atomic mass is 32.2. The van der Waals surface area contributed by atoms with Gasteiger partial charge in [0.25, 0.3) is 5.91 Å². The number of rotatable bonds is 10. The highest BCUT2D eigenvalue weighted by Crippen LogP contribution is 2.47. The topological polar surface area (TPSA) is 135 Å². The van der Waals surface area contributed by atoms with Crippen LogP contribution in [0.15, 0.2) is 94.7 Å². The lowest BCUT2D eigenvalue weighted by Crippen LogP contribution is -2.81. The van der Waals surface area contributed by atoms with E-state index < -0.39 is 47.4 Å². The summed E-state index contributed by atoms with van der Waals surface area (Å²) in [6.07, 6.45) is 0.522. The van der Waals surface area contributed by atoms with Gasteiger partial charge in [-0.25, -0.2) is 4.79 Å². The van der Waals surface area contributed by atoms with Crippen molar-refractivity contribution in [1.82, 2.24) is 10.2 Å². The first kappa shape index (κ1) is 28.2. The molecule has 3 heterocycles. The van der Waals surface area contributed by atoms with Gasteiger partial charge in [0.05, 0.1) is 19.3 Å². The monoisotopic (exact) mass is 576 g/mol. The minimum Gasteiger partial charge on any atom is -0.469 e. The molecule has 1 aromatic heterocycles. The number of carbonyl (C=O) groups is 4. The van der Waals surface area contributed by atoms with Crippen molar-refractivity contribution in [2.24, 2.45) is 0 Å². The van der Waals surface area contributed by atoms with Crippen molar-refractivity contribution < 1.29 is 38.2 Å². The van der Waals surface area contributed by atoms with Gasteiger partial charge in [-0.1, -0.05) is 60.7 Å². The number of amides is 2. The molecule has 2 aromatic carbocycles. The number of fused-ring (bicyclic) bond motifs is 1. The van der Waals surface area contributed by atoms with Gasteiger partial charge in [0.1, 0.15) is 23.4 Å². The molecule has 10 nitrogen and oxygen atoms in total. The number of ether oxygens (including phenoxy) is 2. The van der Waals surface area contributed by atoms with Crippen molar-refractivity contribution >= 4 is 35.5 Å². The predicted molar refractivity (Wildman–Crippen MR) is 148 cm³/mol. The predicted octanol–water partition coefficient (Wildman–Crippen LogP) is 2.73. The van der Waals surface area contributed by atoms with Crippen molar-refractivity contribution in [3.8, 4) is 0 Å². The Balaban J connectivity index is 1.45. The largest absolute Gasteiger partial charge is 0.469 e. The lowest BCUT2D eigenvalue weighted by Gasteiger charge is -2.56. The van der Waals surface area contributed by atoms with Gasteiger partial charge in [-0.2, -0.15) is 0 Å². The second-order valence-corrected chi connectivity index (χ2v) is 10.7. The number of hydrogen-bond acceptors (Lipinski definition) is 9. The number of nitrogens with zero attached hydrogens (tertiary/aromatic N) is 1. The SMILES string of the molecule is CC(=O)OCC1=C(C(=O)OC(c2ccccc2)c2ccccc2)N2C(=O)[C@@](CO)(NC(=O)Cc3ccco3)[C@H]2SC1. The van der Waals surface area contributed by atoms with Crippen LogP contribution < -0.4 is 5.32 Å². The van der Waals surface area contributed by atoms with Crippen LogP contribution in [0.25, 0.3) is 0 Å². The van der Waals surface area contributed by atoms with E-state index in [2.05, 4.69) is 5.32 Å². The Hall–Kier alpha value is -4.35. The Morgan fingerprint density at radius 1 is 1.07 bits per heavy atom. The molecule has 1 saturated heterocycles. The molecule has 2 amide bonds. The second-order valence-electron chi connectivity index (χ2n) is 9.61. The van der Waals surface area contributed by atoms with Crippen LogP contribution in [0.2, 0.25) is 0 Å². The molecule has 41 heavy (non-hydrogen) atoms. The molecule has 2 N–H and O–H groups in total. The van der Waals surface area contributed by atoms with E-state index in [9.17, 15) is 24.3 Å². The van der Waals surface area contributed by atoms with E-state index in [1.54, 1.807) is 12.1 Å². The molecular weight excluding hydrogens is 548 g/mol. The van der Waals surface area contributed by atoms with Gasteiger partial charge in [0, 0.05) is 18.2 Å². The summed E-state index contributed by atoms with van der Waals surface area (Å²) in [6.45, 7) is 0.349. The van der Waals surface area contributed by atoms with Crippen LogP contribution in [0, 0.1) is 0 Å². The molecule has 2 aliphatic rings. The Labute approximate surface area is 240 Å². The van der Waals surface area contributed by atoms with Crippen LogP contribution in [0.4, 0.5) is 0 Å². The highest BCUT2D eigenvalue weighted by molar-refractivity contribution is 8.00. The third-order valence-corrected chi connectivity index (χ3v) is 8.29. The van der Waals surface area contributed by atoms with Crippen molar-refractivity contribution in [1.29, 1.82) is 0 Å². The number of furan rings is 1. The third-order valence-electron chi connectivity index (χ3n) is 6.85. The van der Waals surface area contributed by atoms with E-state index >= 15 is 0 Å². The molecule has 3 aromatic rings. The van der Waals surface area contributed by atoms with Crippen LogP contribution in [-0.2, 0) is 35.1 Å². The number of esters is 2. The van der Waals surface area contributed by atoms with Gasteiger partial charge in [-0.05, 0) is 23.3 Å². The molecule has 11 heteroatoms. The van der Waals surface area contributed by atoms with Crippen LogP contribution in [0.3, 0.4) is 0 Å². The molecule has 212 valence electrons. The van der Waals surface area contributed by atoms with Gasteiger partial charge in [-0.15, -0.1) is 11.8 Å². The third kappa shape index (κ3) is 5.63. The molecule has 0 aliphatic carbocycles. The summed E-state index contributed by atoms with van der Waals surface area (Å²) in [5.74, 6) is -1.94. The summed E-state index contributed by atoms with van der Waals surface area (Å²) < 4.78 is 16.5. The maximum atomic E-state index is 13.9. The average molecular weight is 577 g/mol. The van der Waals surface area contributed by atoms with E-state index in [-0.39, 0.29) is 24.5 Å². The lowest BCUT2D eigenvalue weighted by molar-refractivity contribution is -0.164. The number of β-lactam (4-membered cyclic amide) rings is 1. The smallest absolute Gasteiger partial charge is 0.356 e. The standard InChI is InChI=1S/C30H28N2O8S/c1-19(34)39-16-22-17-41-29-30(18-33,31-24(35)15-23-13-8-14-38-23)28(37)32(29)25(22)27(36)40-26(20-9-4-2-5-10-20)21-11-6-3-7-12-21/h2-14,26,29,33H,15-18H2,1H3,(H,31,35)/t29-,30-/m1/s1. The van der Waals surface area contributed by atoms with Crippen LogP contribution in [0.1, 0.15) is 29.9 Å². The molecule has 1 fully saturated rings. The van der Waals surface area contributed by atoms with Crippen molar-refractivity contribution in [3.05, 3.63) is 107 Å². The zero-order valence-electron chi connectivity index (χ0n) is 22.1. The quantitative estimate of drug-likeness (QED) is 0.276. The number of nitrogens with one attached hydrogen (secondary N) is 1. The van der Waals surface area contributed by atoms with Crippen molar-refractivity contribution in [2.45, 2.75) is 30.4 Å². The molecule has 0 bridgehead atoms. The van der Waals surface area contributed by atoms with E-state index in [4.69, 9.17) is 13.9 Å². The molecular formula is C30H28N2O8S. The summed E-state index contributed by atoms with van der Waals surface area (Å²) in [5, 5.41) is 12.2. The van der Waals surface area contributed by atoms with Crippen molar-refractivity contribution in [3.63, 3.8) is 0 Å². The van der Waals surface area contributed by atoms with E-state index in [1.165, 1.54) is 29.8 Å². The van der Waals surface area contributed by atoms with E-state index in [0.29, 0.717) is 11.3 Å². The maximum Gasteiger partial charge on any atom is 0.356 e. The first-order chi connectivity index (χ1) is 19.8. The molecule has 0 spiro atoms. The highest BCUT2D eigenvalue weighted by Gasteiger charge is 2.65. The Morgan fingerprint density at radius 3 is 2.29 bits per heavy atom. The van der Waals surface area contributed by atoms with Crippen LogP contribution in [0.5, 0.6) is 0 Å². The minimum atomic E-state index is -1.65. The van der Waals surface area contributed by atoms with Crippen LogP contribution in [-0.4, -0.2) is 63.6 Å². The summed E-state index contributed by atoms with van der Waals surface area (Å²) in [4.78, 5) is 53.2. The Morgan fingerprint density at radius 2 is 1.73 bits per heavy atom. The molecule has 0 saturated carbocycles. The summed E-state index contributed by atoms with van der Waals surface area (Å²) >= 11 is 1.24. The van der Waals surface area contributed by atoms with Gasteiger partial charge < -0.3 is 24.3 Å². The van der Waals surface area contributed by atoms with Gasteiger partial charge >= 0.3 is 11.9 Å². The number of thioether (sulfide) groups is 1. The number of benzene rings is 2. The van der Waals surface area contributed by atoms with Gasteiger partial charge in [0.15, 0.2) is 11.6 Å². The molecule has 0 radical (unpaired) electrons. The average Bonchev–Trinajstić information content (AvgIpc) is 3.50. The lowest BCUT2D eigenvalue weighted by atomic mass is 9.86. The normalized spacial score (nSPS) is 19.8. The minimum absolute atomic E-state index is 0.0683. The Kier molecular flexibility index (Phi) is 8.27. The zero-order chi connectivity index (χ0) is 29.0. The molecule has 0 unspecified atom stereocenters. The summed E-state index contributed by atoms with van der Waals surface area (Å²) in [5.41, 5.74) is 0.112. The Bertz CT molecular complexity index is 1420. The summed E-state index contributed by atoms with van der Waals surface area (Å²) in [7, 11) is 0. The van der Waals surface area contributed by atoms with Crippen LogP contribution >= 0.6 is 11.8 Å². The van der Waals surface area contributed by atoms with Gasteiger partial charge in [-0.3, -0.25) is 19.3 Å². The first-order valence-electron chi connectivity index (χ1n) is 12.9. The maximum absolute atomic E-state index is 13.9. The second kappa shape index (κ2) is 12.0. The fourth-order valence-electron chi connectivity index (χ4n) is 4.89. The number of aliphatic hydroxyl groups is 1. The molecule has 2 aliphatic heterocycles. The fraction of sp³-hybridized carbons (Fsp3) is 0.267. The number of carbonyl (C=O) groups excluding carboxylic acids is 4. The van der Waals surface area contributed by atoms with Crippen molar-refractivity contribution in [2.75, 3.05) is 19.0 Å². The molecule has 2 atom stereocenters. The molecule has 5 rings (SSSR count). The number of aliphatic hydroxyl groups excluding tert-OH is 1.